The number of carbonyl (C=O) groups excluding carboxylic acids is 1. The molecule has 5 heteroatoms. The molecule has 1 aliphatic carbocycles. The van der Waals surface area contributed by atoms with Crippen LogP contribution in [0.25, 0.3) is 0 Å². The smallest absolute Gasteiger partial charge is 0.273 e. The summed E-state index contributed by atoms with van der Waals surface area (Å²) in [5.74, 6) is 1.62. The van der Waals surface area contributed by atoms with Gasteiger partial charge in [0.15, 0.2) is 5.69 Å². The molecule has 1 saturated heterocycles. The zero-order chi connectivity index (χ0) is 18.1. The lowest BCUT2D eigenvalue weighted by Gasteiger charge is -2.27. The molecule has 5 nitrogen and oxygen atoms in total. The maximum atomic E-state index is 12.6. The first kappa shape index (κ1) is 17.3. The summed E-state index contributed by atoms with van der Waals surface area (Å²) in [7, 11) is 0. The van der Waals surface area contributed by atoms with E-state index in [2.05, 4.69) is 59.6 Å². The molecule has 2 aromatic rings. The van der Waals surface area contributed by atoms with E-state index in [0.29, 0.717) is 23.6 Å². The van der Waals surface area contributed by atoms with Crippen LogP contribution in [0.1, 0.15) is 66.9 Å². The molecule has 1 aromatic heterocycles. The molecule has 0 radical (unpaired) electrons. The monoisotopic (exact) mass is 353 g/mol. The SMILES string of the molecule is CCC(c1ccccc1)N1CC(C)C(NC(=O)c2cc(C3CC3)on2)C1. The van der Waals surface area contributed by atoms with Gasteiger partial charge in [-0.25, -0.2) is 0 Å². The van der Waals surface area contributed by atoms with Crippen LogP contribution in [-0.4, -0.2) is 35.1 Å². The third-order valence-corrected chi connectivity index (χ3v) is 5.71. The van der Waals surface area contributed by atoms with E-state index in [1.54, 1.807) is 0 Å². The molecule has 1 saturated carbocycles. The van der Waals surface area contributed by atoms with Crippen LogP contribution in [0.15, 0.2) is 40.9 Å². The van der Waals surface area contributed by atoms with Crippen molar-refractivity contribution in [2.45, 2.75) is 51.1 Å². The van der Waals surface area contributed by atoms with Crippen LogP contribution in [0.2, 0.25) is 0 Å². The summed E-state index contributed by atoms with van der Waals surface area (Å²) in [6.07, 6.45) is 3.34. The van der Waals surface area contributed by atoms with E-state index in [-0.39, 0.29) is 11.9 Å². The summed E-state index contributed by atoms with van der Waals surface area (Å²) in [5, 5.41) is 7.14. The van der Waals surface area contributed by atoms with Gasteiger partial charge in [0.05, 0.1) is 0 Å². The highest BCUT2D eigenvalue weighted by molar-refractivity contribution is 5.92. The topological polar surface area (TPSA) is 58.4 Å². The first-order valence-corrected chi connectivity index (χ1v) is 9.72. The van der Waals surface area contributed by atoms with Gasteiger partial charge in [-0.1, -0.05) is 49.3 Å². The fourth-order valence-corrected chi connectivity index (χ4v) is 4.03. The molecule has 3 atom stereocenters. The summed E-state index contributed by atoms with van der Waals surface area (Å²) >= 11 is 0. The van der Waals surface area contributed by atoms with Gasteiger partial charge in [-0.3, -0.25) is 9.69 Å². The molecule has 1 aliphatic heterocycles. The number of rotatable bonds is 6. The predicted molar refractivity (Wildman–Crippen MR) is 99.9 cm³/mol. The molecule has 1 amide bonds. The van der Waals surface area contributed by atoms with Crippen molar-refractivity contribution in [3.8, 4) is 0 Å². The van der Waals surface area contributed by atoms with Crippen LogP contribution in [0.4, 0.5) is 0 Å². The molecule has 26 heavy (non-hydrogen) atoms. The zero-order valence-corrected chi connectivity index (χ0v) is 15.5. The molecule has 2 fully saturated rings. The molecule has 0 bridgehead atoms. The van der Waals surface area contributed by atoms with Crippen molar-refractivity contribution in [3.05, 3.63) is 53.4 Å². The van der Waals surface area contributed by atoms with Crippen molar-refractivity contribution in [2.24, 2.45) is 5.92 Å². The lowest BCUT2D eigenvalue weighted by atomic mass is 10.0. The summed E-state index contributed by atoms with van der Waals surface area (Å²) < 4.78 is 5.31. The number of aromatic nitrogens is 1. The molecule has 3 unspecified atom stereocenters. The minimum atomic E-state index is -0.118. The predicted octanol–water partition coefficient (Wildman–Crippen LogP) is 3.75. The quantitative estimate of drug-likeness (QED) is 0.859. The Bertz CT molecular complexity index is 754. The normalized spacial score (nSPS) is 24.5. The average molecular weight is 353 g/mol. The molecule has 2 heterocycles. The van der Waals surface area contributed by atoms with E-state index in [4.69, 9.17) is 4.52 Å². The number of likely N-dealkylation sites (tertiary alicyclic amines) is 1. The molecule has 0 spiro atoms. The van der Waals surface area contributed by atoms with Crippen molar-refractivity contribution >= 4 is 5.91 Å². The Morgan fingerprint density at radius 3 is 2.77 bits per heavy atom. The lowest BCUT2D eigenvalue weighted by molar-refractivity contribution is 0.0921. The van der Waals surface area contributed by atoms with Crippen molar-refractivity contribution in [1.29, 1.82) is 0 Å². The maximum absolute atomic E-state index is 12.6. The molecular weight excluding hydrogens is 326 g/mol. The Morgan fingerprint density at radius 1 is 1.31 bits per heavy atom. The van der Waals surface area contributed by atoms with Gasteiger partial charge in [0.1, 0.15) is 5.76 Å². The van der Waals surface area contributed by atoms with Crippen LogP contribution in [-0.2, 0) is 0 Å². The zero-order valence-electron chi connectivity index (χ0n) is 15.5. The first-order chi connectivity index (χ1) is 12.7. The van der Waals surface area contributed by atoms with Gasteiger partial charge in [0.25, 0.3) is 5.91 Å². The van der Waals surface area contributed by atoms with Gasteiger partial charge >= 0.3 is 0 Å². The number of nitrogens with one attached hydrogen (secondary N) is 1. The fraction of sp³-hybridized carbons (Fsp3) is 0.524. The Morgan fingerprint density at radius 2 is 2.08 bits per heavy atom. The van der Waals surface area contributed by atoms with Crippen LogP contribution >= 0.6 is 0 Å². The van der Waals surface area contributed by atoms with Gasteiger partial charge < -0.3 is 9.84 Å². The van der Waals surface area contributed by atoms with Crippen LogP contribution in [0.3, 0.4) is 0 Å². The lowest BCUT2D eigenvalue weighted by Crippen LogP contribution is -2.40. The molecule has 2 aliphatic rings. The van der Waals surface area contributed by atoms with Crippen LogP contribution < -0.4 is 5.32 Å². The number of amides is 1. The Balaban J connectivity index is 1.40. The largest absolute Gasteiger partial charge is 0.360 e. The van der Waals surface area contributed by atoms with E-state index in [1.807, 2.05) is 6.07 Å². The summed E-state index contributed by atoms with van der Waals surface area (Å²) in [6.45, 7) is 6.29. The van der Waals surface area contributed by atoms with E-state index in [0.717, 1.165) is 38.1 Å². The third-order valence-electron chi connectivity index (χ3n) is 5.71. The second-order valence-corrected chi connectivity index (χ2v) is 7.73. The summed E-state index contributed by atoms with van der Waals surface area (Å²) in [6, 6.07) is 13.0. The highest BCUT2D eigenvalue weighted by Crippen LogP contribution is 2.40. The average Bonchev–Trinajstić information content (AvgIpc) is 3.27. The third kappa shape index (κ3) is 3.54. The Hall–Kier alpha value is -2.14. The van der Waals surface area contributed by atoms with Gasteiger partial charge in [0, 0.05) is 37.2 Å². The minimum Gasteiger partial charge on any atom is -0.360 e. The molecule has 1 aromatic carbocycles. The Labute approximate surface area is 154 Å². The maximum Gasteiger partial charge on any atom is 0.273 e. The second-order valence-electron chi connectivity index (χ2n) is 7.73. The number of hydrogen-bond donors (Lipinski definition) is 1. The molecule has 138 valence electrons. The van der Waals surface area contributed by atoms with E-state index < -0.39 is 0 Å². The molecule has 1 N–H and O–H groups in total. The van der Waals surface area contributed by atoms with Crippen molar-refractivity contribution in [3.63, 3.8) is 0 Å². The van der Waals surface area contributed by atoms with Crippen molar-refractivity contribution < 1.29 is 9.32 Å². The standard InChI is InChI=1S/C21H27N3O2/c1-3-19(15-7-5-4-6-8-15)24-12-14(2)18(13-24)22-21(25)17-11-20(26-23-17)16-9-10-16/h4-8,11,14,16,18-19H,3,9-10,12-13H2,1-2H3,(H,22,25). The van der Waals surface area contributed by atoms with Gasteiger partial charge in [-0.05, 0) is 30.7 Å². The minimum absolute atomic E-state index is 0.118. The van der Waals surface area contributed by atoms with Gasteiger partial charge in [-0.15, -0.1) is 0 Å². The second kappa shape index (κ2) is 7.23. The van der Waals surface area contributed by atoms with Crippen molar-refractivity contribution in [1.82, 2.24) is 15.4 Å². The summed E-state index contributed by atoms with van der Waals surface area (Å²) in [4.78, 5) is 15.1. The summed E-state index contributed by atoms with van der Waals surface area (Å²) in [5.41, 5.74) is 1.76. The van der Waals surface area contributed by atoms with E-state index >= 15 is 0 Å². The van der Waals surface area contributed by atoms with Crippen molar-refractivity contribution in [2.75, 3.05) is 13.1 Å². The van der Waals surface area contributed by atoms with Crippen LogP contribution in [0.5, 0.6) is 0 Å². The number of carbonyl (C=O) groups is 1. The van der Waals surface area contributed by atoms with Gasteiger partial charge in [-0.2, -0.15) is 0 Å². The number of hydrogen-bond acceptors (Lipinski definition) is 4. The van der Waals surface area contributed by atoms with Gasteiger partial charge in [0.2, 0.25) is 0 Å². The van der Waals surface area contributed by atoms with Crippen LogP contribution in [0, 0.1) is 5.92 Å². The number of nitrogens with zero attached hydrogens (tertiary/aromatic N) is 2. The highest BCUT2D eigenvalue weighted by atomic mass is 16.5. The fourth-order valence-electron chi connectivity index (χ4n) is 4.03. The first-order valence-electron chi connectivity index (χ1n) is 9.72. The molecule has 4 rings (SSSR count). The molecular formula is C21H27N3O2. The van der Waals surface area contributed by atoms with E-state index in [1.165, 1.54) is 5.56 Å². The Kier molecular flexibility index (Phi) is 4.81. The highest BCUT2D eigenvalue weighted by Gasteiger charge is 2.35. The van der Waals surface area contributed by atoms with E-state index in [9.17, 15) is 4.79 Å². The number of benzene rings is 1.